The third-order valence-corrected chi connectivity index (χ3v) is 3.79. The largest absolute Gasteiger partial charge is 0.638 e. The standard InChI is InChI=1S/C16H13N14O6.3Rf/c1-34-14-20-6(19-11(31)28-14)4-5-17-7(22-9-24-12(32)29-15(26-9)35-2)21-8(18-5)23-10-25-13(33)30-16(27-10)36-3;;;/h1-4H2,(H,19,20,28,31)(H4,17,18,21,22,23,24,25,26,27,29,30,32,33);;;/q-3;;;. The van der Waals surface area contributed by atoms with Gasteiger partial charge in [0.15, 0.2) is 0 Å². The average Bonchev–Trinajstić information content (AvgIpc) is 2.82. The fraction of sp³-hybridized carbons (Fsp3) is 0.0625. The summed E-state index contributed by atoms with van der Waals surface area (Å²) in [6.45, 7) is 0. The van der Waals surface area contributed by atoms with Gasteiger partial charge < -0.3 is 14.2 Å². The van der Waals surface area contributed by atoms with E-state index < -0.39 is 17.1 Å². The Labute approximate surface area is 198 Å². The third kappa shape index (κ3) is 6.72. The number of hydrogen-bond acceptors (Lipinski definition) is 17. The van der Waals surface area contributed by atoms with E-state index in [0.29, 0.717) is 0 Å². The maximum atomic E-state index is 11.7. The van der Waals surface area contributed by atoms with Crippen molar-refractivity contribution < 1.29 is 14.2 Å². The molecule has 0 bridgehead atoms. The predicted molar refractivity (Wildman–Crippen MR) is 115 cm³/mol. The summed E-state index contributed by atoms with van der Waals surface area (Å²) in [4.78, 5) is 76.8. The second-order valence-electron chi connectivity index (χ2n) is 6.21. The molecule has 0 aliphatic heterocycles. The molecule has 23 heteroatoms. The van der Waals surface area contributed by atoms with Crippen LogP contribution in [0.2, 0.25) is 0 Å². The Balaban J connectivity index is 0.00000253. The zero-order valence-corrected chi connectivity index (χ0v) is 39.1. The van der Waals surface area contributed by atoms with Crippen molar-refractivity contribution in [3.63, 3.8) is 0 Å². The van der Waals surface area contributed by atoms with E-state index in [1.807, 2.05) is 0 Å². The van der Waals surface area contributed by atoms with E-state index in [-0.39, 0.29) is 59.9 Å². The van der Waals surface area contributed by atoms with Crippen molar-refractivity contribution in [1.29, 1.82) is 0 Å². The monoisotopic (exact) mass is 1300 g/mol. The van der Waals surface area contributed by atoms with Crippen molar-refractivity contribution in [1.82, 2.24) is 59.8 Å². The van der Waals surface area contributed by atoms with E-state index in [0.717, 1.165) is 0 Å². The van der Waals surface area contributed by atoms with Crippen LogP contribution in [0.1, 0.15) is 11.6 Å². The quantitative estimate of drug-likeness (QED) is 0.112. The maximum absolute atomic E-state index is 11.7. The molecule has 5 N–H and O–H groups in total. The van der Waals surface area contributed by atoms with Crippen molar-refractivity contribution in [2.75, 3.05) is 10.6 Å². The van der Waals surface area contributed by atoms with Gasteiger partial charge in [-0.25, -0.2) is 14.4 Å². The van der Waals surface area contributed by atoms with Gasteiger partial charge in [-0.05, 0) is 0 Å². The van der Waals surface area contributed by atoms with Gasteiger partial charge in [0.2, 0.25) is 23.8 Å². The zero-order chi connectivity index (χ0) is 25.7. The summed E-state index contributed by atoms with van der Waals surface area (Å²) in [5, 5.41) is 5.29. The number of rotatable bonds is 9. The van der Waals surface area contributed by atoms with Crippen LogP contribution >= 0.6 is 0 Å². The topological polar surface area (TPSA) is 266 Å². The van der Waals surface area contributed by atoms with Crippen LogP contribution in [0.5, 0.6) is 18.0 Å². The van der Waals surface area contributed by atoms with Gasteiger partial charge in [-0.1, -0.05) is 0 Å². The first-order valence-electron chi connectivity index (χ1n) is 9.32. The molecule has 0 radical (unpaired) electrons. The molecule has 0 saturated carbocycles. The minimum atomic E-state index is -0.794. The van der Waals surface area contributed by atoms with E-state index in [9.17, 15) is 14.4 Å². The Hall–Kier alpha value is -8.56. The SMILES string of the molecule is [CH2-]Oc1nc(Cc2nc(Nc3nc(O[CH2-])nc(=O)[nH]3)nc(Nc3nc(O[CH2-])nc(=O)[nH]3)n2)[nH]c(=O)n1.[Rf].[Rf].[Rf]. The molecule has 0 aliphatic carbocycles. The number of hydrogen-bond donors (Lipinski definition) is 5. The van der Waals surface area contributed by atoms with Crippen molar-refractivity contribution in [2.24, 2.45) is 0 Å². The number of aromatic amines is 3. The number of anilines is 4. The van der Waals surface area contributed by atoms with Gasteiger partial charge in [0.25, 0.3) is 18.0 Å². The maximum Gasteiger partial charge on any atom is 0.352 e. The molecule has 0 fully saturated rings. The molecule has 4 heterocycles. The number of ether oxygens (including phenoxy) is 3. The van der Waals surface area contributed by atoms with Crippen LogP contribution in [0.25, 0.3) is 0 Å². The summed E-state index contributed by atoms with van der Waals surface area (Å²) in [5.74, 6) is -0.493. The van der Waals surface area contributed by atoms with Crippen molar-refractivity contribution >= 4 is 23.8 Å². The molecule has 0 aromatic carbocycles. The van der Waals surface area contributed by atoms with Crippen LogP contribution < -0.4 is 41.9 Å². The van der Waals surface area contributed by atoms with Crippen LogP contribution in [-0.2, 0) is 6.42 Å². The molecule has 192 valence electrons. The fourth-order valence-electron chi connectivity index (χ4n) is 2.50. The van der Waals surface area contributed by atoms with Crippen LogP contribution in [0.3, 0.4) is 0 Å². The molecule has 4 aromatic rings. The summed E-state index contributed by atoms with van der Waals surface area (Å²) in [6.07, 6.45) is -0.152. The van der Waals surface area contributed by atoms with E-state index in [1.54, 1.807) is 0 Å². The van der Waals surface area contributed by atoms with Crippen molar-refractivity contribution in [3.8, 4) is 18.0 Å². The van der Waals surface area contributed by atoms with Gasteiger partial charge in [0.1, 0.15) is 11.6 Å². The summed E-state index contributed by atoms with van der Waals surface area (Å²) >= 11 is 0. The fourth-order valence-corrected chi connectivity index (χ4v) is 2.50. The first-order chi connectivity index (χ1) is 17.3. The molecule has 4 aromatic heterocycles. The Morgan fingerprint density at radius 2 is 0.974 bits per heavy atom. The number of nitrogens with zero attached hydrogens (tertiary/aromatic N) is 9. The average molecular weight is 1300 g/mol. The van der Waals surface area contributed by atoms with Gasteiger partial charge in [0.05, 0.1) is 6.42 Å². The minimum Gasteiger partial charge on any atom is -0.638 e. The van der Waals surface area contributed by atoms with E-state index in [4.69, 9.17) is 0 Å². The van der Waals surface area contributed by atoms with Crippen molar-refractivity contribution in [2.45, 2.75) is 6.42 Å². The molecule has 0 saturated heterocycles. The van der Waals surface area contributed by atoms with Gasteiger partial charge >= 0.3 is 17.1 Å². The molecule has 20 nitrogen and oxygen atoms in total. The summed E-state index contributed by atoms with van der Waals surface area (Å²) in [7, 11) is 9.44. The Kier molecular flexibility index (Phi) is 8.42. The van der Waals surface area contributed by atoms with E-state index in [1.165, 1.54) is 0 Å². The van der Waals surface area contributed by atoms with Crippen LogP contribution in [0.15, 0.2) is 14.4 Å². The second kappa shape index (κ2) is 11.5. The molecular formula is C16H13N14O6Rf3-3. The summed E-state index contributed by atoms with van der Waals surface area (Å²) in [5.41, 5.74) is -2.34. The van der Waals surface area contributed by atoms with Crippen LogP contribution in [0.4, 0.5) is 23.8 Å². The summed E-state index contributed by atoms with van der Waals surface area (Å²) in [6, 6.07) is -0.933. The molecule has 0 atom stereocenters. The summed E-state index contributed by atoms with van der Waals surface area (Å²) < 4.78 is 13.9. The molecule has 0 aliphatic rings. The molecule has 0 unspecified atom stereocenters. The Bertz CT molecular complexity index is 1380. The molecule has 39 heavy (non-hydrogen) atoms. The third-order valence-electron chi connectivity index (χ3n) is 3.79. The van der Waals surface area contributed by atoms with E-state index in [2.05, 4.69) is 106 Å². The predicted octanol–water partition coefficient (Wildman–Crippen LogP) is -2.10. The number of nitrogens with one attached hydrogen (secondary N) is 5. The molecular weight excluding hydrogens is 1290 g/mol. The van der Waals surface area contributed by atoms with Gasteiger partial charge in [-0.15, -0.1) is 15.0 Å². The molecule has 0 spiro atoms. The molecule has 0 amide bonds. The number of H-pyrrole nitrogens is 3. The van der Waals surface area contributed by atoms with E-state index >= 15 is 0 Å². The zero-order valence-electron chi connectivity index (χ0n) is 19.9. The Morgan fingerprint density at radius 3 is 1.41 bits per heavy atom. The van der Waals surface area contributed by atoms with Crippen molar-refractivity contribution in [3.05, 3.63) is 64.4 Å². The van der Waals surface area contributed by atoms with Gasteiger partial charge in [0, 0.05) is 0 Å². The first-order valence-corrected chi connectivity index (χ1v) is 9.32. The molecule has 4 rings (SSSR count). The Morgan fingerprint density at radius 1 is 0.564 bits per heavy atom. The van der Waals surface area contributed by atoms with Gasteiger partial charge in [-0.2, -0.15) is 51.2 Å². The number of aromatic nitrogens is 12. The van der Waals surface area contributed by atoms with Crippen LogP contribution in [0, 0.1) is 21.3 Å². The second-order valence-corrected chi connectivity index (χ2v) is 6.21. The minimum absolute atomic E-state index is 0. The smallest absolute Gasteiger partial charge is 0.352 e. The van der Waals surface area contributed by atoms with Gasteiger partial charge in [-0.3, -0.25) is 25.6 Å². The van der Waals surface area contributed by atoms with Crippen LogP contribution in [-0.4, -0.2) is 59.8 Å². The first kappa shape index (κ1) is 28.5. The normalized spacial score (nSPS) is 9.72.